The fourth-order valence-electron chi connectivity index (χ4n) is 3.30. The van der Waals surface area contributed by atoms with Crippen LogP contribution in [0.25, 0.3) is 17.3 Å². The molecule has 0 heterocycles. The van der Waals surface area contributed by atoms with E-state index in [1.165, 1.54) is 39.0 Å². The van der Waals surface area contributed by atoms with Gasteiger partial charge in [-0.25, -0.2) is 0 Å². The first-order valence-corrected chi connectivity index (χ1v) is 17.1. The van der Waals surface area contributed by atoms with Gasteiger partial charge in [0, 0.05) is 0 Å². The molecule has 6 nitrogen and oxygen atoms in total. The number of hydrogen-bond acceptors (Lipinski definition) is 6. The summed E-state index contributed by atoms with van der Waals surface area (Å²) in [4.78, 5) is 36.2. The molecule has 0 aromatic heterocycles. The molecule has 0 saturated carbocycles. The van der Waals surface area contributed by atoms with E-state index in [9.17, 15) is 14.4 Å². The molecular weight excluding hydrogens is 661 g/mol. The summed E-state index contributed by atoms with van der Waals surface area (Å²) in [6, 6.07) is 27.4. The number of allylic oxidation sites excluding steroid dienone is 3. The van der Waals surface area contributed by atoms with Crippen molar-refractivity contribution in [2.24, 2.45) is 0 Å². The SMILES string of the molecule is CC(=O)/C=C(\[O][Tl]([O]/C(=C\C(C)=O)c1ccccc1)[O]/C(=C\C(C)=O)c1ccccc1)c1ccccc1. The maximum atomic E-state index is 12.1. The van der Waals surface area contributed by atoms with Crippen LogP contribution in [0.1, 0.15) is 37.5 Å². The molecule has 0 N–H and O–H groups in total. The molecule has 0 aliphatic heterocycles. The average molecular weight is 688 g/mol. The van der Waals surface area contributed by atoms with Gasteiger partial charge in [-0.2, -0.15) is 0 Å². The fourth-order valence-corrected chi connectivity index (χ4v) is 8.66. The van der Waals surface area contributed by atoms with E-state index >= 15 is 0 Å². The van der Waals surface area contributed by atoms with Crippen LogP contribution in [-0.4, -0.2) is 41.4 Å². The molecule has 0 atom stereocenters. The number of ketones is 3. The first-order valence-electron chi connectivity index (χ1n) is 11.6. The van der Waals surface area contributed by atoms with Crippen LogP contribution in [0.2, 0.25) is 0 Å². The van der Waals surface area contributed by atoms with Crippen LogP contribution < -0.4 is 0 Å². The summed E-state index contributed by atoms with van der Waals surface area (Å²) >= 11 is -4.33. The van der Waals surface area contributed by atoms with E-state index < -0.39 is 24.1 Å². The van der Waals surface area contributed by atoms with E-state index in [0.29, 0.717) is 34.0 Å². The van der Waals surface area contributed by atoms with Crippen LogP contribution in [0.15, 0.2) is 109 Å². The summed E-state index contributed by atoms with van der Waals surface area (Å²) in [5.74, 6) is 0.254. The number of hydrogen-bond donors (Lipinski definition) is 0. The zero-order chi connectivity index (χ0) is 26.6. The first-order chi connectivity index (χ1) is 17.8. The molecule has 37 heavy (non-hydrogen) atoms. The molecule has 3 aromatic rings. The average Bonchev–Trinajstić information content (AvgIpc) is 2.88. The molecule has 3 rings (SSSR count). The van der Waals surface area contributed by atoms with E-state index in [1.54, 1.807) is 0 Å². The van der Waals surface area contributed by atoms with Gasteiger partial charge in [0.05, 0.1) is 0 Å². The van der Waals surface area contributed by atoms with E-state index in [0.717, 1.165) is 0 Å². The molecule has 0 bridgehead atoms. The molecule has 0 amide bonds. The number of carbonyl (C=O) groups is 3. The van der Waals surface area contributed by atoms with Crippen molar-refractivity contribution in [3.8, 4) is 0 Å². The minimum absolute atomic E-state index is 0.212. The van der Waals surface area contributed by atoms with E-state index in [1.807, 2.05) is 91.0 Å². The Bertz CT molecular complexity index is 1150. The number of benzene rings is 3. The molecule has 0 radical (unpaired) electrons. The zero-order valence-electron chi connectivity index (χ0n) is 20.9. The van der Waals surface area contributed by atoms with Crippen molar-refractivity contribution < 1.29 is 22.4 Å². The molecule has 0 aliphatic rings. The van der Waals surface area contributed by atoms with Gasteiger partial charge in [-0.3, -0.25) is 0 Å². The van der Waals surface area contributed by atoms with Gasteiger partial charge < -0.3 is 0 Å². The van der Waals surface area contributed by atoms with Crippen LogP contribution in [0.4, 0.5) is 0 Å². The Morgan fingerprint density at radius 2 is 0.730 bits per heavy atom. The van der Waals surface area contributed by atoms with Crippen molar-refractivity contribution in [1.29, 1.82) is 0 Å². The summed E-state index contributed by atoms with van der Waals surface area (Å²) in [6.07, 6.45) is 4.13. The zero-order valence-corrected chi connectivity index (χ0v) is 25.4. The van der Waals surface area contributed by atoms with Gasteiger partial charge in [0.25, 0.3) is 0 Å². The molecule has 0 fully saturated rings. The first kappa shape index (κ1) is 27.8. The van der Waals surface area contributed by atoms with Crippen LogP contribution >= 0.6 is 0 Å². The quantitative estimate of drug-likeness (QED) is 0.134. The molecule has 0 unspecified atom stereocenters. The van der Waals surface area contributed by atoms with Gasteiger partial charge in [-0.15, -0.1) is 0 Å². The monoisotopic (exact) mass is 688 g/mol. The molecule has 7 heteroatoms. The summed E-state index contributed by atoms with van der Waals surface area (Å²) in [6.45, 7) is 4.28. The van der Waals surface area contributed by atoms with Crippen molar-refractivity contribution in [2.75, 3.05) is 0 Å². The summed E-state index contributed by atoms with van der Waals surface area (Å²) in [7, 11) is 0. The third-order valence-electron chi connectivity index (χ3n) is 4.85. The van der Waals surface area contributed by atoms with Gasteiger partial charge in [0.15, 0.2) is 0 Å². The van der Waals surface area contributed by atoms with Crippen molar-refractivity contribution in [3.63, 3.8) is 0 Å². The predicted molar refractivity (Wildman–Crippen MR) is 144 cm³/mol. The van der Waals surface area contributed by atoms with Crippen LogP contribution in [-0.2, 0) is 22.4 Å². The van der Waals surface area contributed by atoms with E-state index in [2.05, 4.69) is 0 Å². The standard InChI is InChI=1S/3C10H10O2.Tl/c3*1-8(11)7-10(12)9-5-3-2-4-6-9;/h3*2-7,12H,1H3;/q;;;+3/p-3/b3*10-7-;. The normalized spacial score (nSPS) is 11.9. The molecule has 0 saturated heterocycles. The summed E-state index contributed by atoms with van der Waals surface area (Å²) in [5, 5.41) is 0. The Morgan fingerprint density at radius 1 is 0.486 bits per heavy atom. The predicted octanol–water partition coefficient (Wildman–Crippen LogP) is 5.91. The van der Waals surface area contributed by atoms with Gasteiger partial charge >= 0.3 is 228 Å². The molecule has 186 valence electrons. The fraction of sp³-hybridized carbons (Fsp3) is 0.100. The second-order valence-corrected chi connectivity index (χ2v) is 13.1. The topological polar surface area (TPSA) is 78.9 Å². The van der Waals surface area contributed by atoms with Crippen molar-refractivity contribution in [1.82, 2.24) is 0 Å². The van der Waals surface area contributed by atoms with Gasteiger partial charge in [-0.05, 0) is 0 Å². The molecule has 0 aliphatic carbocycles. The summed E-state index contributed by atoms with van der Waals surface area (Å²) in [5.41, 5.74) is 2.01. The Hall–Kier alpha value is -3.79. The third kappa shape index (κ3) is 9.31. The van der Waals surface area contributed by atoms with Gasteiger partial charge in [-0.1, -0.05) is 0 Å². The Kier molecular flexibility index (Phi) is 10.6. The Labute approximate surface area is 227 Å². The Morgan fingerprint density at radius 3 is 0.946 bits per heavy atom. The van der Waals surface area contributed by atoms with Gasteiger partial charge in [0.1, 0.15) is 0 Å². The van der Waals surface area contributed by atoms with Crippen LogP contribution in [0.5, 0.6) is 0 Å². The number of carbonyl (C=O) groups excluding carboxylic acids is 3. The van der Waals surface area contributed by atoms with Crippen molar-refractivity contribution in [2.45, 2.75) is 20.8 Å². The second-order valence-electron chi connectivity index (χ2n) is 8.10. The Balaban J connectivity index is 2.07. The molecule has 0 spiro atoms. The van der Waals surface area contributed by atoms with E-state index in [4.69, 9.17) is 8.06 Å². The minimum atomic E-state index is -4.33. The van der Waals surface area contributed by atoms with Crippen molar-refractivity contribution in [3.05, 3.63) is 126 Å². The third-order valence-corrected chi connectivity index (χ3v) is 10.1. The molecular formula is C30H27O6Tl. The maximum absolute atomic E-state index is 12.1. The van der Waals surface area contributed by atoms with Crippen LogP contribution in [0.3, 0.4) is 0 Å². The summed E-state index contributed by atoms with van der Waals surface area (Å²) < 4.78 is 19.0. The second kappa shape index (κ2) is 14.1. The van der Waals surface area contributed by atoms with Crippen LogP contribution in [0, 0.1) is 0 Å². The number of rotatable bonds is 12. The van der Waals surface area contributed by atoms with Gasteiger partial charge in [0.2, 0.25) is 0 Å². The van der Waals surface area contributed by atoms with Crippen molar-refractivity contribution >= 4 is 58.7 Å². The van der Waals surface area contributed by atoms with E-state index in [-0.39, 0.29) is 17.3 Å². The molecule has 3 aromatic carbocycles.